The Labute approximate surface area is 194 Å². The predicted octanol–water partition coefficient (Wildman–Crippen LogP) is 2.44. The number of amides is 1. The van der Waals surface area contributed by atoms with Gasteiger partial charge in [-0.2, -0.15) is 0 Å². The molecule has 2 aromatic rings. The highest BCUT2D eigenvalue weighted by molar-refractivity contribution is 14.0. The Morgan fingerprint density at radius 2 is 1.87 bits per heavy atom. The molecule has 0 spiro atoms. The van der Waals surface area contributed by atoms with E-state index in [1.54, 1.807) is 20.3 Å². The SMILES string of the molecule is CCNC(=NCc1cccc(OCC(N)=O)c1)NCc1ccc(OC)cc1OC.I. The van der Waals surface area contributed by atoms with E-state index in [0.717, 1.165) is 29.2 Å². The zero-order valence-electron chi connectivity index (χ0n) is 17.4. The summed E-state index contributed by atoms with van der Waals surface area (Å²) < 4.78 is 16.0. The minimum Gasteiger partial charge on any atom is -0.497 e. The van der Waals surface area contributed by atoms with Crippen LogP contribution in [0.3, 0.4) is 0 Å². The number of benzene rings is 2. The van der Waals surface area contributed by atoms with Crippen LogP contribution in [0.5, 0.6) is 17.2 Å². The number of carbonyl (C=O) groups is 1. The van der Waals surface area contributed by atoms with Gasteiger partial charge in [0.2, 0.25) is 0 Å². The third kappa shape index (κ3) is 8.36. The van der Waals surface area contributed by atoms with Gasteiger partial charge in [0.15, 0.2) is 12.6 Å². The third-order valence-electron chi connectivity index (χ3n) is 3.98. The maximum absolute atomic E-state index is 10.9. The molecule has 0 saturated heterocycles. The van der Waals surface area contributed by atoms with Crippen LogP contribution in [0, 0.1) is 0 Å². The van der Waals surface area contributed by atoms with Crippen molar-refractivity contribution in [2.75, 3.05) is 27.4 Å². The lowest BCUT2D eigenvalue weighted by Crippen LogP contribution is -2.36. The molecule has 0 radical (unpaired) electrons. The number of nitrogens with one attached hydrogen (secondary N) is 2. The highest BCUT2D eigenvalue weighted by Crippen LogP contribution is 2.24. The van der Waals surface area contributed by atoms with E-state index < -0.39 is 5.91 Å². The van der Waals surface area contributed by atoms with Crippen LogP contribution in [0.1, 0.15) is 18.1 Å². The molecule has 0 saturated carbocycles. The minimum atomic E-state index is -0.513. The number of nitrogens with zero attached hydrogens (tertiary/aromatic N) is 1. The Kier molecular flexibility index (Phi) is 11.4. The first-order chi connectivity index (χ1) is 14.0. The average Bonchev–Trinajstić information content (AvgIpc) is 2.74. The van der Waals surface area contributed by atoms with Crippen LogP contribution >= 0.6 is 24.0 Å². The molecule has 0 aliphatic heterocycles. The largest absolute Gasteiger partial charge is 0.497 e. The van der Waals surface area contributed by atoms with Gasteiger partial charge in [0, 0.05) is 24.7 Å². The number of rotatable bonds is 10. The number of hydrogen-bond donors (Lipinski definition) is 3. The molecule has 164 valence electrons. The van der Waals surface area contributed by atoms with E-state index in [4.69, 9.17) is 19.9 Å². The molecule has 4 N–H and O–H groups in total. The maximum Gasteiger partial charge on any atom is 0.255 e. The summed E-state index contributed by atoms with van der Waals surface area (Å²) in [4.78, 5) is 15.5. The number of nitrogens with two attached hydrogens (primary N) is 1. The fraction of sp³-hybridized carbons (Fsp3) is 0.333. The highest BCUT2D eigenvalue weighted by atomic mass is 127. The van der Waals surface area contributed by atoms with E-state index in [0.29, 0.717) is 24.8 Å². The Bertz CT molecular complexity index is 846. The van der Waals surface area contributed by atoms with Gasteiger partial charge in [0.05, 0.1) is 20.8 Å². The first kappa shape index (κ1) is 25.3. The van der Waals surface area contributed by atoms with Gasteiger partial charge >= 0.3 is 0 Å². The molecular formula is C21H29IN4O4. The Balaban J connectivity index is 0.00000450. The van der Waals surface area contributed by atoms with Gasteiger partial charge in [-0.05, 0) is 36.8 Å². The summed E-state index contributed by atoms with van der Waals surface area (Å²) in [7, 11) is 3.25. The summed E-state index contributed by atoms with van der Waals surface area (Å²) in [5.41, 5.74) is 7.05. The summed E-state index contributed by atoms with van der Waals surface area (Å²) in [6.07, 6.45) is 0. The van der Waals surface area contributed by atoms with Gasteiger partial charge in [-0.3, -0.25) is 4.79 Å². The average molecular weight is 528 g/mol. The number of aliphatic imine (C=N–C) groups is 1. The molecule has 0 fully saturated rings. The molecule has 30 heavy (non-hydrogen) atoms. The van der Waals surface area contributed by atoms with Crippen LogP contribution < -0.4 is 30.6 Å². The summed E-state index contributed by atoms with van der Waals surface area (Å²) in [6.45, 7) is 3.57. The second-order valence-electron chi connectivity index (χ2n) is 6.13. The van der Waals surface area contributed by atoms with Gasteiger partial charge in [-0.1, -0.05) is 12.1 Å². The lowest BCUT2D eigenvalue weighted by Gasteiger charge is -2.14. The first-order valence-corrected chi connectivity index (χ1v) is 9.28. The molecule has 8 nitrogen and oxygen atoms in total. The lowest BCUT2D eigenvalue weighted by molar-refractivity contribution is -0.119. The van der Waals surface area contributed by atoms with Crippen LogP contribution in [-0.2, 0) is 17.9 Å². The van der Waals surface area contributed by atoms with E-state index in [2.05, 4.69) is 15.6 Å². The van der Waals surface area contributed by atoms with Crippen LogP contribution in [0.15, 0.2) is 47.5 Å². The molecule has 0 unspecified atom stereocenters. The second-order valence-corrected chi connectivity index (χ2v) is 6.13. The van der Waals surface area contributed by atoms with Gasteiger partial charge in [-0.15, -0.1) is 24.0 Å². The van der Waals surface area contributed by atoms with E-state index in [-0.39, 0.29) is 30.6 Å². The van der Waals surface area contributed by atoms with Crippen LogP contribution in [0.25, 0.3) is 0 Å². The molecule has 2 aromatic carbocycles. The first-order valence-electron chi connectivity index (χ1n) is 9.28. The molecule has 0 aromatic heterocycles. The van der Waals surface area contributed by atoms with Gasteiger partial charge in [0.25, 0.3) is 5.91 Å². The van der Waals surface area contributed by atoms with Crippen molar-refractivity contribution in [3.63, 3.8) is 0 Å². The Morgan fingerprint density at radius 1 is 1.07 bits per heavy atom. The van der Waals surface area contributed by atoms with E-state index >= 15 is 0 Å². The topological polar surface area (TPSA) is 107 Å². The highest BCUT2D eigenvalue weighted by Gasteiger charge is 2.06. The molecular weight excluding hydrogens is 499 g/mol. The molecule has 0 atom stereocenters. The Morgan fingerprint density at radius 3 is 2.53 bits per heavy atom. The fourth-order valence-corrected chi connectivity index (χ4v) is 2.58. The molecule has 1 amide bonds. The molecule has 0 bridgehead atoms. The zero-order chi connectivity index (χ0) is 21.1. The van der Waals surface area contributed by atoms with Crippen molar-refractivity contribution in [1.29, 1.82) is 0 Å². The normalized spacial score (nSPS) is 10.6. The van der Waals surface area contributed by atoms with Crippen molar-refractivity contribution in [2.24, 2.45) is 10.7 Å². The van der Waals surface area contributed by atoms with Crippen molar-refractivity contribution in [2.45, 2.75) is 20.0 Å². The van der Waals surface area contributed by atoms with Crippen LogP contribution in [-0.4, -0.2) is 39.2 Å². The van der Waals surface area contributed by atoms with Gasteiger partial charge < -0.3 is 30.6 Å². The smallest absolute Gasteiger partial charge is 0.255 e. The number of primary amides is 1. The number of ether oxygens (including phenoxy) is 3. The number of guanidine groups is 1. The van der Waals surface area contributed by atoms with Gasteiger partial charge in [0.1, 0.15) is 17.2 Å². The Hall–Kier alpha value is -2.69. The second kappa shape index (κ2) is 13.5. The number of carbonyl (C=O) groups excluding carboxylic acids is 1. The number of halogens is 1. The molecule has 0 heterocycles. The zero-order valence-corrected chi connectivity index (χ0v) is 19.8. The monoisotopic (exact) mass is 528 g/mol. The van der Waals surface area contributed by atoms with E-state index in [9.17, 15) is 4.79 Å². The van der Waals surface area contributed by atoms with Crippen molar-refractivity contribution in [3.05, 3.63) is 53.6 Å². The minimum absolute atomic E-state index is 0. The fourth-order valence-electron chi connectivity index (χ4n) is 2.58. The van der Waals surface area contributed by atoms with Crippen molar-refractivity contribution >= 4 is 35.8 Å². The number of methoxy groups -OCH3 is 2. The van der Waals surface area contributed by atoms with Crippen molar-refractivity contribution in [3.8, 4) is 17.2 Å². The lowest BCUT2D eigenvalue weighted by atomic mass is 10.2. The van der Waals surface area contributed by atoms with Crippen molar-refractivity contribution in [1.82, 2.24) is 10.6 Å². The maximum atomic E-state index is 10.9. The summed E-state index contributed by atoms with van der Waals surface area (Å²) in [5.74, 6) is 2.23. The van der Waals surface area contributed by atoms with Gasteiger partial charge in [-0.25, -0.2) is 4.99 Å². The molecule has 2 rings (SSSR count). The predicted molar refractivity (Wildman–Crippen MR) is 128 cm³/mol. The quantitative estimate of drug-likeness (QED) is 0.249. The summed E-state index contributed by atoms with van der Waals surface area (Å²) >= 11 is 0. The van der Waals surface area contributed by atoms with Crippen LogP contribution in [0.4, 0.5) is 0 Å². The third-order valence-corrected chi connectivity index (χ3v) is 3.98. The van der Waals surface area contributed by atoms with Crippen molar-refractivity contribution < 1.29 is 19.0 Å². The van der Waals surface area contributed by atoms with E-state index in [1.165, 1.54) is 0 Å². The summed E-state index contributed by atoms with van der Waals surface area (Å²) in [6, 6.07) is 13.1. The number of hydrogen-bond acceptors (Lipinski definition) is 5. The molecule has 0 aliphatic carbocycles. The standard InChI is InChI=1S/C21H28N4O4.HI/c1-4-23-21(25-13-16-8-9-17(27-2)11-19(16)28-3)24-12-15-6-5-7-18(10-15)29-14-20(22)26;/h5-11H,4,12-14H2,1-3H3,(H2,22,26)(H2,23,24,25);1H. The van der Waals surface area contributed by atoms with E-state index in [1.807, 2.05) is 43.3 Å². The molecule has 0 aliphatic rings. The summed E-state index contributed by atoms with van der Waals surface area (Å²) in [5, 5.41) is 6.52. The molecule has 9 heteroatoms. The van der Waals surface area contributed by atoms with Crippen LogP contribution in [0.2, 0.25) is 0 Å².